The predicted octanol–water partition coefficient (Wildman–Crippen LogP) is -12.7. The molecule has 25 rings (SSSR count). The summed E-state index contributed by atoms with van der Waals surface area (Å²) in [5.74, 6) is -4.22. The van der Waals surface area contributed by atoms with Gasteiger partial charge in [0.05, 0.1) is 78.2 Å². The first kappa shape index (κ1) is 113. The van der Waals surface area contributed by atoms with Crippen LogP contribution < -0.4 is 26.0 Å². The summed E-state index contributed by atoms with van der Waals surface area (Å²) in [6.07, 6.45) is -71.9. The Morgan fingerprint density at radius 3 is 1.18 bits per heavy atom. The van der Waals surface area contributed by atoms with Crippen molar-refractivity contribution in [3.05, 3.63) is 71.0 Å². The van der Waals surface area contributed by atoms with Gasteiger partial charge in [0.1, 0.15) is 224 Å². The number of nitrogens with one attached hydrogen (secondary N) is 4. The lowest BCUT2D eigenvalue weighted by molar-refractivity contribution is -0.396. The van der Waals surface area contributed by atoms with E-state index in [9.17, 15) is 140 Å². The molecule has 22 fully saturated rings. The summed E-state index contributed by atoms with van der Waals surface area (Å²) in [4.78, 5) is 71.6. The van der Waals surface area contributed by atoms with Gasteiger partial charge < -0.3 is 204 Å². The number of hydrogen-bond acceptors (Lipinski definition) is 48. The van der Waals surface area contributed by atoms with E-state index in [-0.39, 0.29) is 60.2 Å². The maximum atomic E-state index is 14.4. The lowest BCUT2D eigenvalue weighted by Crippen LogP contribution is -2.68. The minimum absolute atomic E-state index is 0.00780. The topological polar surface area (TPSA) is 783 Å². The van der Waals surface area contributed by atoms with Crippen LogP contribution in [0, 0.1) is 25.7 Å². The molecule has 22 aliphatic heterocycles. The largest absolute Gasteiger partial charge is 0.487 e. The van der Waals surface area contributed by atoms with E-state index in [1.807, 2.05) is 49.1 Å². The molecule has 0 aliphatic carbocycles. The van der Waals surface area contributed by atoms with E-state index in [0.29, 0.717) is 32.7 Å². The van der Waals surface area contributed by atoms with E-state index in [1.54, 1.807) is 13.8 Å². The van der Waals surface area contributed by atoms with Crippen LogP contribution >= 0.6 is 0 Å². The molecule has 54 heteroatoms. The second-order valence-electron chi connectivity index (χ2n) is 37.6. The van der Waals surface area contributed by atoms with Gasteiger partial charge in [0.25, 0.3) is 10.1 Å². The van der Waals surface area contributed by atoms with E-state index < -0.39 is 349 Å². The Morgan fingerprint density at radius 2 is 0.809 bits per heavy atom. The number of ketones is 1. The van der Waals surface area contributed by atoms with E-state index in [0.717, 1.165) is 17.2 Å². The number of morpholine rings is 1. The molecule has 4 amide bonds. The summed E-state index contributed by atoms with van der Waals surface area (Å²) in [7, 11) is -4.89. The van der Waals surface area contributed by atoms with Crippen LogP contribution in [0.2, 0.25) is 0 Å². The second kappa shape index (κ2) is 49.9. The van der Waals surface area contributed by atoms with E-state index >= 15 is 0 Å². The molecular formula is C87H134N8O45S. The van der Waals surface area contributed by atoms with Gasteiger partial charge in [-0.25, -0.2) is 4.68 Å². The number of carbonyl (C=O) groups is 5. The minimum atomic E-state index is -4.89. The molecule has 25 N–H and O–H groups in total. The Hall–Kier alpha value is -6.64. The molecule has 0 radical (unpaired) electrons. The number of hydrogen-bond donors (Lipinski definition) is 25. The number of amides is 4. The average molecular weight is 2040 g/mol. The SMILES string of the molecule is Cc1cc(OCc2cn(CC3OC4OC5C(CO)OC(OC6C(CO)OC(OC7C(CO)OC(OC8C(CO)OC(OC9C(CO)OC(OC%10C(CO)OC(OC3C(O)C4O)C(O)C%10O)C(O)C9O)C(O)C8O)C(O)C7O)C(O)C6O)C(O)C5O)nn2)cc(C)c1S(=O)(=O)OC[C@@](C)(O)C(=O)[C@H](CC(C)C)NC(=O)[C@H](C)NC(=O)[C@H](CC(C)C)NC(=O)[C@H](CCc1ccccc1)NC(=O)CN1CCOCC1. The number of aliphatic hydroxyl groups excluding tert-OH is 20. The number of Topliss-reactive ketones (excluding diaryl/α,β-unsaturated/α-hetero) is 1. The van der Waals surface area contributed by atoms with Gasteiger partial charge in [0, 0.05) is 13.1 Å². The summed E-state index contributed by atoms with van der Waals surface area (Å²) in [5.41, 5.74) is -1.65. The molecule has 40 atom stereocenters. The van der Waals surface area contributed by atoms with Crippen molar-refractivity contribution >= 4 is 39.5 Å². The van der Waals surface area contributed by atoms with Crippen LogP contribution in [0.25, 0.3) is 0 Å². The Bertz CT molecular complexity index is 4600. The Labute approximate surface area is 808 Å². The third kappa shape index (κ3) is 27.1. The summed E-state index contributed by atoms with van der Waals surface area (Å²) < 4.78 is 129. The molecule has 1 aromatic heterocycles. The monoisotopic (exact) mass is 2040 g/mol. The molecule has 22 saturated heterocycles. The fraction of sp³-hybridized carbons (Fsp3) is 0.782. The highest BCUT2D eigenvalue weighted by molar-refractivity contribution is 7.86. The zero-order chi connectivity index (χ0) is 103. The summed E-state index contributed by atoms with van der Waals surface area (Å²) in [6.45, 7) is 5.09. The van der Waals surface area contributed by atoms with Crippen molar-refractivity contribution in [1.29, 1.82) is 0 Å². The van der Waals surface area contributed by atoms with E-state index in [4.69, 9.17) is 80.0 Å². The van der Waals surface area contributed by atoms with Crippen LogP contribution in [0.3, 0.4) is 0 Å². The maximum Gasteiger partial charge on any atom is 0.297 e. The highest BCUT2D eigenvalue weighted by Crippen LogP contribution is 2.41. The highest BCUT2D eigenvalue weighted by atomic mass is 32.2. The average Bonchev–Trinajstić information content (AvgIpc) is 1.05. The van der Waals surface area contributed by atoms with Crippen LogP contribution in [-0.2, 0) is 129 Å². The van der Waals surface area contributed by atoms with Gasteiger partial charge >= 0.3 is 0 Å². The van der Waals surface area contributed by atoms with Crippen molar-refractivity contribution in [2.75, 3.05) is 79.1 Å². The molecule has 22 aliphatic rings. The molecule has 0 saturated carbocycles. The highest BCUT2D eigenvalue weighted by Gasteiger charge is 2.61. The quantitative estimate of drug-likeness (QED) is 0.0252. The number of ether oxygens (including phenoxy) is 16. The normalized spacial score (nSPS) is 37.7. The zero-order valence-electron chi connectivity index (χ0n) is 78.4. The predicted molar refractivity (Wildman–Crippen MR) is 465 cm³/mol. The smallest absolute Gasteiger partial charge is 0.297 e. The van der Waals surface area contributed by atoms with E-state index in [2.05, 4.69) is 31.6 Å². The molecular weight excluding hydrogens is 1910 g/mol. The van der Waals surface area contributed by atoms with Crippen molar-refractivity contribution in [2.45, 2.75) is 344 Å². The van der Waals surface area contributed by atoms with Gasteiger partial charge in [-0.05, 0) is 94.0 Å². The number of rotatable bonds is 33. The fourth-order valence-electron chi connectivity index (χ4n) is 18.1. The maximum absolute atomic E-state index is 14.4. The fourth-order valence-corrected chi connectivity index (χ4v) is 19.5. The van der Waals surface area contributed by atoms with Gasteiger partial charge in [-0.15, -0.1) is 5.10 Å². The summed E-state index contributed by atoms with van der Waals surface area (Å²) in [5, 5.41) is 259. The molecule has 14 bridgehead atoms. The number of benzene rings is 2. The minimum Gasteiger partial charge on any atom is -0.487 e. The molecule has 141 heavy (non-hydrogen) atoms. The van der Waals surface area contributed by atoms with Crippen LogP contribution in [0.4, 0.5) is 0 Å². The van der Waals surface area contributed by atoms with E-state index in [1.165, 1.54) is 39.1 Å². The van der Waals surface area contributed by atoms with Crippen molar-refractivity contribution < 1.29 is 220 Å². The van der Waals surface area contributed by atoms with Gasteiger partial charge in [-0.2, -0.15) is 8.42 Å². The number of aryl methyl sites for hydroxylation is 3. The molecule has 35 unspecified atom stereocenters. The third-order valence-corrected chi connectivity index (χ3v) is 27.3. The van der Waals surface area contributed by atoms with Crippen molar-refractivity contribution in [3.8, 4) is 5.75 Å². The van der Waals surface area contributed by atoms with Crippen molar-refractivity contribution in [3.63, 3.8) is 0 Å². The number of carbonyl (C=O) groups excluding carboxylic acids is 5. The lowest BCUT2D eigenvalue weighted by atomic mass is 9.90. The molecule has 23 heterocycles. The second-order valence-corrected chi connectivity index (χ2v) is 39.1. The van der Waals surface area contributed by atoms with Crippen LogP contribution in [-0.4, -0.2) is 489 Å². The van der Waals surface area contributed by atoms with Gasteiger partial charge in [0.15, 0.2) is 49.8 Å². The third-order valence-electron chi connectivity index (χ3n) is 25.8. The van der Waals surface area contributed by atoms with Gasteiger partial charge in [-0.3, -0.25) is 33.1 Å². The van der Waals surface area contributed by atoms with Gasteiger partial charge in [-0.1, -0.05) is 63.2 Å². The number of nitrogens with zero attached hydrogens (tertiary/aromatic N) is 4. The van der Waals surface area contributed by atoms with Gasteiger partial charge in [0.2, 0.25) is 23.6 Å². The van der Waals surface area contributed by atoms with Crippen molar-refractivity contribution in [1.82, 2.24) is 41.2 Å². The Kier molecular flexibility index (Phi) is 40.0. The zero-order valence-corrected chi connectivity index (χ0v) is 79.2. The standard InChI is InChI=1S/C87H134N8O45S/c1-35(2)20-44(90-77(118)39(7)88-79(120)45(21-36(3)4)91-78(119)43(15-14-40-12-10-9-11-13-40)89-53(102)26-94-16-18-124-19-17-94)76(117)87(8,121)34-126-141(122,123)75-37(5)22-42(23-38(75)6)125-33-41-24-95(93-92-41)25-46-68-54(103)61(110)80(127-46)135-69-47(27-96)129-82(63(112)56(69)105)137-71-49(29-98)131-84(65(114)58(71)107)139-73-51(31-100)133-86(67(116)60(73)109)140-74-52(32-101)132-85(66(115)59(74)108)138-72-50(30-99)130-83(64(113)57(72)106)136-70-48(28-97)128-81(134-68)62(111)55(70)104/h9-13,22-24,35-36,39,43-52,54-74,80-86,96-101,103-116,121H,14-21,25-34H2,1-8H3,(H,88,120)(H,89,102)(H,90,118)(H,91,119)/t39-,43-,44-,45-,46?,47?,48?,49?,50?,51?,52?,54?,55?,56?,57?,58?,59?,60?,61?,62?,63?,64?,65?,66?,67?,68?,69?,70?,71?,72?,73?,74?,80?,81?,82?,83?,84?,85?,86?,87+/m0/s1. The number of aromatic nitrogens is 3. The Balaban J connectivity index is 0.729. The van der Waals surface area contributed by atoms with Crippen LogP contribution in [0.15, 0.2) is 53.6 Å². The molecule has 2 aromatic carbocycles. The number of aliphatic hydroxyl groups is 21. The summed E-state index contributed by atoms with van der Waals surface area (Å²) >= 11 is 0. The first-order valence-corrected chi connectivity index (χ1v) is 47.9. The summed E-state index contributed by atoms with van der Waals surface area (Å²) in [6, 6.07) is 6.76. The van der Waals surface area contributed by atoms with Crippen molar-refractivity contribution in [2.24, 2.45) is 11.8 Å². The molecule has 798 valence electrons. The molecule has 3 aromatic rings. The first-order chi connectivity index (χ1) is 66.8. The lowest BCUT2D eigenvalue weighted by Gasteiger charge is -2.50. The molecule has 0 spiro atoms. The van der Waals surface area contributed by atoms with Crippen LogP contribution in [0.1, 0.15) is 83.2 Å². The van der Waals surface area contributed by atoms with Crippen LogP contribution in [0.5, 0.6) is 5.75 Å². The Morgan fingerprint density at radius 1 is 0.461 bits per heavy atom. The molecule has 53 nitrogen and oxygen atoms in total. The first-order valence-electron chi connectivity index (χ1n) is 46.5.